The first-order chi connectivity index (χ1) is 17.1. The third-order valence-electron chi connectivity index (χ3n) is 7.34. The molecule has 202 valence electrons. The molecule has 1 saturated heterocycles. The Kier molecular flexibility index (Phi) is 9.97. The maximum absolute atomic E-state index is 13.5. The van der Waals surface area contributed by atoms with E-state index in [1.807, 2.05) is 19.9 Å². The first kappa shape index (κ1) is 28.6. The predicted octanol–water partition coefficient (Wildman–Crippen LogP) is 4.18. The zero-order valence-electron chi connectivity index (χ0n) is 21.2. The molecule has 4 rings (SSSR count). The third kappa shape index (κ3) is 7.31. The average Bonchev–Trinajstić information content (AvgIpc) is 3.27. The fourth-order valence-corrected chi connectivity index (χ4v) is 5.16. The summed E-state index contributed by atoms with van der Waals surface area (Å²) in [6.07, 6.45) is 3.88. The van der Waals surface area contributed by atoms with Crippen LogP contribution in [0.15, 0.2) is 30.4 Å². The summed E-state index contributed by atoms with van der Waals surface area (Å²) in [5.41, 5.74) is 0.275. The minimum absolute atomic E-state index is 0.0283. The second-order valence-corrected chi connectivity index (χ2v) is 9.96. The van der Waals surface area contributed by atoms with Crippen LogP contribution in [0.2, 0.25) is 0 Å². The summed E-state index contributed by atoms with van der Waals surface area (Å²) < 4.78 is 44.7. The zero-order valence-corrected chi connectivity index (χ0v) is 21.2. The van der Waals surface area contributed by atoms with Gasteiger partial charge in [0.1, 0.15) is 0 Å². The largest absolute Gasteiger partial charge is 0.416 e. The Morgan fingerprint density at radius 3 is 2.53 bits per heavy atom. The van der Waals surface area contributed by atoms with Crippen LogP contribution < -0.4 is 5.32 Å². The van der Waals surface area contributed by atoms with Crippen molar-refractivity contribution in [3.8, 4) is 0 Å². The fourth-order valence-electron chi connectivity index (χ4n) is 5.16. The molecule has 0 radical (unpaired) electrons. The quantitative estimate of drug-likeness (QED) is 0.394. The number of halogens is 3. The lowest BCUT2D eigenvalue weighted by Crippen LogP contribution is -2.47. The number of nitrogens with one attached hydrogen (secondary N) is 1. The highest BCUT2D eigenvalue weighted by molar-refractivity contribution is 5.85. The van der Waals surface area contributed by atoms with Gasteiger partial charge >= 0.3 is 6.18 Å². The molecule has 1 unspecified atom stereocenters. The lowest BCUT2D eigenvalue weighted by atomic mass is 9.81. The van der Waals surface area contributed by atoms with Gasteiger partial charge in [-0.25, -0.2) is 0 Å². The van der Waals surface area contributed by atoms with Crippen molar-refractivity contribution in [2.45, 2.75) is 89.9 Å². The fraction of sp³-hybridized carbons (Fsp3) is 0.667. The van der Waals surface area contributed by atoms with Crippen molar-refractivity contribution in [1.82, 2.24) is 10.2 Å². The number of carbonyl (C=O) groups is 1. The van der Waals surface area contributed by atoms with Gasteiger partial charge in [0.15, 0.2) is 6.29 Å². The molecule has 0 aromatic heterocycles. The van der Waals surface area contributed by atoms with E-state index in [-0.39, 0.29) is 18.5 Å². The van der Waals surface area contributed by atoms with Gasteiger partial charge in [0.05, 0.1) is 11.0 Å². The predicted molar refractivity (Wildman–Crippen MR) is 131 cm³/mol. The standard InChI is InChI=1S/C23H29F3N2O2.C4H10O2/c1-2-22(9-5-20(14-22)27-19-7-11-30-12-8-19)21(29)28-10-6-16-3-4-18(23(24,25)26)13-17(16)15-28;1-2-3-4(5)6/h3-5,9,13,19-20,27H,2,6-8,10-12,14-15H2,1H3;4-6H,2-3H2,1H3/t20?,22-;/m0./s1. The smallest absolute Gasteiger partial charge is 0.381 e. The number of fused-ring (bicyclic) bond motifs is 1. The molecular weight excluding hydrogens is 473 g/mol. The van der Waals surface area contributed by atoms with Gasteiger partial charge in [0.25, 0.3) is 0 Å². The molecule has 3 N–H and O–H groups in total. The molecule has 0 spiro atoms. The summed E-state index contributed by atoms with van der Waals surface area (Å²) in [6, 6.07) is 4.44. The number of hydrogen-bond acceptors (Lipinski definition) is 5. The van der Waals surface area contributed by atoms with Gasteiger partial charge in [-0.1, -0.05) is 38.5 Å². The van der Waals surface area contributed by atoms with Crippen LogP contribution in [0.1, 0.15) is 69.1 Å². The van der Waals surface area contributed by atoms with Gasteiger partial charge in [-0.05, 0) is 61.8 Å². The number of carbonyl (C=O) groups excluding carboxylic acids is 1. The second-order valence-electron chi connectivity index (χ2n) is 9.96. The van der Waals surface area contributed by atoms with E-state index in [4.69, 9.17) is 14.9 Å². The molecule has 2 heterocycles. The summed E-state index contributed by atoms with van der Waals surface area (Å²) in [7, 11) is 0. The number of aliphatic hydroxyl groups is 2. The zero-order chi connectivity index (χ0) is 26.3. The Morgan fingerprint density at radius 2 is 1.94 bits per heavy atom. The molecule has 3 aliphatic rings. The monoisotopic (exact) mass is 512 g/mol. The molecule has 1 aliphatic carbocycles. The van der Waals surface area contributed by atoms with Crippen molar-refractivity contribution in [3.05, 3.63) is 47.0 Å². The van der Waals surface area contributed by atoms with Crippen molar-refractivity contribution in [2.75, 3.05) is 19.8 Å². The highest BCUT2D eigenvalue weighted by Crippen LogP contribution is 2.39. The number of benzene rings is 1. The average molecular weight is 513 g/mol. The number of nitrogens with zero attached hydrogens (tertiary/aromatic N) is 1. The van der Waals surface area contributed by atoms with E-state index in [0.717, 1.165) is 44.1 Å². The molecule has 6 nitrogen and oxygen atoms in total. The van der Waals surface area contributed by atoms with Gasteiger partial charge in [0, 0.05) is 38.4 Å². The lowest BCUT2D eigenvalue weighted by molar-refractivity contribution is -0.140. The molecule has 1 aromatic rings. The Morgan fingerprint density at radius 1 is 1.22 bits per heavy atom. The third-order valence-corrected chi connectivity index (χ3v) is 7.34. The summed E-state index contributed by atoms with van der Waals surface area (Å²) >= 11 is 0. The Hall–Kier alpha value is -1.94. The van der Waals surface area contributed by atoms with E-state index in [9.17, 15) is 18.0 Å². The molecule has 0 bridgehead atoms. The van der Waals surface area contributed by atoms with Gasteiger partial charge in [-0.3, -0.25) is 4.79 Å². The summed E-state index contributed by atoms with van der Waals surface area (Å²) in [5.74, 6) is 0.0283. The van der Waals surface area contributed by atoms with Gasteiger partial charge in [0.2, 0.25) is 5.91 Å². The van der Waals surface area contributed by atoms with Crippen molar-refractivity contribution in [3.63, 3.8) is 0 Å². The van der Waals surface area contributed by atoms with E-state index in [1.165, 1.54) is 6.07 Å². The molecule has 9 heteroatoms. The van der Waals surface area contributed by atoms with Gasteiger partial charge < -0.3 is 25.2 Å². The molecular formula is C27H39F3N2O4. The highest BCUT2D eigenvalue weighted by atomic mass is 19.4. The number of hydrogen-bond donors (Lipinski definition) is 3. The van der Waals surface area contributed by atoms with Crippen LogP contribution in [-0.2, 0) is 28.7 Å². The topological polar surface area (TPSA) is 82.0 Å². The van der Waals surface area contributed by atoms with Crippen LogP contribution in [0, 0.1) is 5.41 Å². The Balaban J connectivity index is 0.000000538. The second kappa shape index (κ2) is 12.5. The summed E-state index contributed by atoms with van der Waals surface area (Å²) in [6.45, 7) is 6.23. The number of aliphatic hydroxyl groups excluding tert-OH is 1. The number of alkyl halides is 3. The van der Waals surface area contributed by atoms with E-state index < -0.39 is 23.4 Å². The van der Waals surface area contributed by atoms with Crippen LogP contribution in [0.5, 0.6) is 0 Å². The van der Waals surface area contributed by atoms with E-state index in [1.54, 1.807) is 11.0 Å². The minimum atomic E-state index is -4.37. The summed E-state index contributed by atoms with van der Waals surface area (Å²) in [4.78, 5) is 15.2. The minimum Gasteiger partial charge on any atom is -0.381 e. The van der Waals surface area contributed by atoms with Crippen LogP contribution in [0.25, 0.3) is 0 Å². The summed E-state index contributed by atoms with van der Waals surface area (Å²) in [5, 5.41) is 19.9. The Bertz CT molecular complexity index is 899. The SMILES string of the molecule is CCCC(O)O.CC[C@]1(C(=O)N2CCc3ccc(C(F)(F)F)cc3C2)C=CC(NC2CCOCC2)C1. The first-order valence-electron chi connectivity index (χ1n) is 13.0. The van der Waals surface area contributed by atoms with Crippen molar-refractivity contribution in [2.24, 2.45) is 5.41 Å². The van der Waals surface area contributed by atoms with Crippen LogP contribution >= 0.6 is 0 Å². The molecule has 2 aliphatic heterocycles. The molecule has 1 fully saturated rings. The molecule has 1 amide bonds. The van der Waals surface area contributed by atoms with Crippen LogP contribution in [0.3, 0.4) is 0 Å². The van der Waals surface area contributed by atoms with Crippen molar-refractivity contribution < 1.29 is 32.9 Å². The number of amides is 1. The molecule has 0 saturated carbocycles. The van der Waals surface area contributed by atoms with E-state index >= 15 is 0 Å². The highest BCUT2D eigenvalue weighted by Gasteiger charge is 2.43. The maximum Gasteiger partial charge on any atom is 0.416 e. The van der Waals surface area contributed by atoms with Gasteiger partial charge in [-0.15, -0.1) is 0 Å². The van der Waals surface area contributed by atoms with E-state index in [2.05, 4.69) is 11.4 Å². The maximum atomic E-state index is 13.5. The molecule has 1 aromatic carbocycles. The van der Waals surface area contributed by atoms with Crippen molar-refractivity contribution >= 4 is 5.91 Å². The number of ether oxygens (including phenoxy) is 1. The normalized spacial score (nSPS) is 24.4. The Labute approximate surface area is 211 Å². The van der Waals surface area contributed by atoms with Crippen LogP contribution in [0.4, 0.5) is 13.2 Å². The van der Waals surface area contributed by atoms with Gasteiger partial charge in [-0.2, -0.15) is 13.2 Å². The van der Waals surface area contributed by atoms with Crippen molar-refractivity contribution in [1.29, 1.82) is 0 Å². The molecule has 2 atom stereocenters. The lowest BCUT2D eigenvalue weighted by Gasteiger charge is -2.37. The molecule has 36 heavy (non-hydrogen) atoms. The number of rotatable bonds is 6. The van der Waals surface area contributed by atoms with Crippen LogP contribution in [-0.4, -0.2) is 59.2 Å². The van der Waals surface area contributed by atoms with E-state index in [0.29, 0.717) is 43.8 Å². The first-order valence-corrected chi connectivity index (χ1v) is 13.0.